The number of nitrogens with one attached hydrogen (secondary N) is 1. The van der Waals surface area contributed by atoms with Gasteiger partial charge in [0.15, 0.2) is 0 Å². The minimum Gasteiger partial charge on any atom is -0.385 e. The van der Waals surface area contributed by atoms with Gasteiger partial charge in [-0.05, 0) is 70.3 Å². The zero-order chi connectivity index (χ0) is 15.2. The van der Waals surface area contributed by atoms with E-state index in [0.29, 0.717) is 5.41 Å². The summed E-state index contributed by atoms with van der Waals surface area (Å²) in [5.74, 6) is 1.76. The molecule has 0 heterocycles. The number of hydrogen-bond donors (Lipinski definition) is 1. The fourth-order valence-electron chi connectivity index (χ4n) is 3.49. The van der Waals surface area contributed by atoms with Crippen molar-refractivity contribution in [2.45, 2.75) is 78.7 Å². The first-order valence-corrected chi connectivity index (χ1v) is 8.47. The lowest BCUT2D eigenvalue weighted by Crippen LogP contribution is -2.43. The third kappa shape index (κ3) is 7.08. The largest absolute Gasteiger partial charge is 0.385 e. The summed E-state index contributed by atoms with van der Waals surface area (Å²) >= 11 is 0. The summed E-state index contributed by atoms with van der Waals surface area (Å²) in [5, 5.41) is 3.73. The van der Waals surface area contributed by atoms with E-state index < -0.39 is 0 Å². The van der Waals surface area contributed by atoms with E-state index in [4.69, 9.17) is 4.74 Å². The number of unbranched alkanes of at least 4 members (excludes halogenated alkanes) is 1. The Kier molecular flexibility index (Phi) is 7.00. The van der Waals surface area contributed by atoms with Crippen molar-refractivity contribution in [1.29, 1.82) is 0 Å². The van der Waals surface area contributed by atoms with Gasteiger partial charge in [0.05, 0.1) is 0 Å². The number of rotatable bonds is 7. The van der Waals surface area contributed by atoms with Crippen molar-refractivity contribution in [2.75, 3.05) is 20.3 Å². The van der Waals surface area contributed by atoms with E-state index in [0.717, 1.165) is 18.4 Å². The Labute approximate surface area is 127 Å². The highest BCUT2D eigenvalue weighted by Gasteiger charge is 2.34. The van der Waals surface area contributed by atoms with Crippen LogP contribution in [0.5, 0.6) is 0 Å². The predicted octanol–water partition coefficient (Wildman–Crippen LogP) is 4.63. The highest BCUT2D eigenvalue weighted by molar-refractivity contribution is 4.87. The van der Waals surface area contributed by atoms with E-state index in [9.17, 15) is 0 Å². The minimum absolute atomic E-state index is 0.244. The Morgan fingerprint density at radius 2 is 1.85 bits per heavy atom. The molecule has 1 fully saturated rings. The van der Waals surface area contributed by atoms with Gasteiger partial charge in [0, 0.05) is 19.3 Å². The van der Waals surface area contributed by atoms with E-state index in [1.54, 1.807) is 7.11 Å². The Balaban J connectivity index is 2.47. The van der Waals surface area contributed by atoms with Crippen LogP contribution in [0.4, 0.5) is 0 Å². The van der Waals surface area contributed by atoms with Crippen LogP contribution < -0.4 is 5.32 Å². The van der Waals surface area contributed by atoms with E-state index in [-0.39, 0.29) is 5.54 Å². The predicted molar refractivity (Wildman–Crippen MR) is 88.1 cm³/mol. The van der Waals surface area contributed by atoms with Gasteiger partial charge in [-0.15, -0.1) is 0 Å². The molecule has 2 nitrogen and oxygen atoms in total. The molecule has 1 saturated carbocycles. The van der Waals surface area contributed by atoms with Gasteiger partial charge in [0.1, 0.15) is 0 Å². The first-order chi connectivity index (χ1) is 9.23. The van der Waals surface area contributed by atoms with Crippen LogP contribution in [0.3, 0.4) is 0 Å². The molecule has 1 aliphatic carbocycles. The summed E-state index contributed by atoms with van der Waals surface area (Å²) in [5.41, 5.74) is 0.789. The summed E-state index contributed by atoms with van der Waals surface area (Å²) in [4.78, 5) is 0. The summed E-state index contributed by atoms with van der Waals surface area (Å²) in [6.07, 6.45) is 8.09. The second-order valence-electron chi connectivity index (χ2n) is 8.55. The molecule has 20 heavy (non-hydrogen) atoms. The van der Waals surface area contributed by atoms with E-state index in [1.807, 2.05) is 0 Å². The maximum Gasteiger partial charge on any atom is 0.0462 e. The van der Waals surface area contributed by atoms with E-state index >= 15 is 0 Å². The SMILES string of the molecule is COCCCCC1CC(C)(C)CCC1CNC(C)(C)C. The highest BCUT2D eigenvalue weighted by Crippen LogP contribution is 2.43. The molecule has 0 aromatic carbocycles. The van der Waals surface area contributed by atoms with Crippen LogP contribution >= 0.6 is 0 Å². The lowest BCUT2D eigenvalue weighted by molar-refractivity contribution is 0.100. The first kappa shape index (κ1) is 18.0. The minimum atomic E-state index is 0.244. The smallest absolute Gasteiger partial charge is 0.0462 e. The van der Waals surface area contributed by atoms with Crippen LogP contribution in [0.1, 0.15) is 73.1 Å². The fourth-order valence-corrected chi connectivity index (χ4v) is 3.49. The Bertz CT molecular complexity index is 267. The zero-order valence-electron chi connectivity index (χ0n) is 14.7. The number of methoxy groups -OCH3 is 1. The standard InChI is InChI=1S/C18H37NO/c1-17(2,3)19-14-16-10-11-18(4,5)13-15(16)9-7-8-12-20-6/h15-16,19H,7-14H2,1-6H3. The molecule has 0 bridgehead atoms. The lowest BCUT2D eigenvalue weighted by atomic mass is 9.65. The van der Waals surface area contributed by atoms with Crippen molar-refractivity contribution in [3.63, 3.8) is 0 Å². The molecule has 1 rings (SSSR count). The van der Waals surface area contributed by atoms with Crippen molar-refractivity contribution in [3.8, 4) is 0 Å². The summed E-state index contributed by atoms with van der Waals surface area (Å²) in [7, 11) is 1.81. The zero-order valence-corrected chi connectivity index (χ0v) is 14.7. The number of ether oxygens (including phenoxy) is 1. The molecule has 2 heteroatoms. The van der Waals surface area contributed by atoms with Crippen LogP contribution in [0.25, 0.3) is 0 Å². The Hall–Kier alpha value is -0.0800. The van der Waals surface area contributed by atoms with Gasteiger partial charge in [-0.3, -0.25) is 0 Å². The maximum absolute atomic E-state index is 5.18. The molecule has 1 aliphatic rings. The molecule has 2 unspecified atom stereocenters. The highest BCUT2D eigenvalue weighted by atomic mass is 16.5. The van der Waals surface area contributed by atoms with Crippen molar-refractivity contribution in [2.24, 2.45) is 17.3 Å². The molecular weight excluding hydrogens is 246 g/mol. The van der Waals surface area contributed by atoms with Crippen molar-refractivity contribution >= 4 is 0 Å². The molecule has 0 aliphatic heterocycles. The van der Waals surface area contributed by atoms with Crippen molar-refractivity contribution < 1.29 is 4.74 Å². The van der Waals surface area contributed by atoms with Gasteiger partial charge in [0.2, 0.25) is 0 Å². The summed E-state index contributed by atoms with van der Waals surface area (Å²) in [6, 6.07) is 0. The second-order valence-corrected chi connectivity index (χ2v) is 8.55. The third-order valence-electron chi connectivity index (χ3n) is 4.74. The van der Waals surface area contributed by atoms with Gasteiger partial charge in [-0.2, -0.15) is 0 Å². The molecule has 2 atom stereocenters. The molecule has 0 aromatic heterocycles. The van der Waals surface area contributed by atoms with Crippen LogP contribution in [0.15, 0.2) is 0 Å². The molecule has 0 aromatic rings. The summed E-state index contributed by atoms with van der Waals surface area (Å²) < 4.78 is 5.18. The van der Waals surface area contributed by atoms with Crippen LogP contribution in [-0.2, 0) is 4.74 Å². The van der Waals surface area contributed by atoms with E-state index in [1.165, 1.54) is 45.1 Å². The normalized spacial score (nSPS) is 26.7. The van der Waals surface area contributed by atoms with Gasteiger partial charge in [-0.25, -0.2) is 0 Å². The molecular formula is C18H37NO. The molecule has 0 radical (unpaired) electrons. The molecule has 1 N–H and O–H groups in total. The lowest BCUT2D eigenvalue weighted by Gasteiger charge is -2.42. The third-order valence-corrected chi connectivity index (χ3v) is 4.74. The quantitative estimate of drug-likeness (QED) is 0.688. The molecule has 0 spiro atoms. The van der Waals surface area contributed by atoms with Gasteiger partial charge < -0.3 is 10.1 Å². The fraction of sp³-hybridized carbons (Fsp3) is 1.00. The Morgan fingerprint density at radius 3 is 2.45 bits per heavy atom. The van der Waals surface area contributed by atoms with Crippen LogP contribution in [-0.4, -0.2) is 25.8 Å². The van der Waals surface area contributed by atoms with Crippen LogP contribution in [0, 0.1) is 17.3 Å². The summed E-state index contributed by atoms with van der Waals surface area (Å²) in [6.45, 7) is 13.8. The van der Waals surface area contributed by atoms with Crippen LogP contribution in [0.2, 0.25) is 0 Å². The first-order valence-electron chi connectivity index (χ1n) is 8.47. The van der Waals surface area contributed by atoms with Crippen molar-refractivity contribution in [3.05, 3.63) is 0 Å². The molecule has 0 saturated heterocycles. The second kappa shape index (κ2) is 7.79. The average Bonchev–Trinajstić information content (AvgIpc) is 2.31. The van der Waals surface area contributed by atoms with Crippen molar-refractivity contribution in [1.82, 2.24) is 5.32 Å². The van der Waals surface area contributed by atoms with Gasteiger partial charge in [0.25, 0.3) is 0 Å². The Morgan fingerprint density at radius 1 is 1.15 bits per heavy atom. The topological polar surface area (TPSA) is 21.3 Å². The number of hydrogen-bond acceptors (Lipinski definition) is 2. The van der Waals surface area contributed by atoms with Gasteiger partial charge >= 0.3 is 0 Å². The molecule has 0 amide bonds. The van der Waals surface area contributed by atoms with Gasteiger partial charge in [-0.1, -0.05) is 26.7 Å². The average molecular weight is 284 g/mol. The maximum atomic E-state index is 5.18. The molecule has 120 valence electrons. The van der Waals surface area contributed by atoms with E-state index in [2.05, 4.69) is 39.9 Å². The monoisotopic (exact) mass is 283 g/mol.